The third-order valence-corrected chi connectivity index (χ3v) is 8.29. The number of halogens is 6. The fourth-order valence-corrected chi connectivity index (χ4v) is 5.69. The lowest BCUT2D eigenvalue weighted by Crippen LogP contribution is -2.50. The van der Waals surface area contributed by atoms with Gasteiger partial charge in [-0.2, -0.15) is 31.4 Å². The number of benzene rings is 1. The molecule has 2 aromatic heterocycles. The molecule has 0 aliphatic carbocycles. The SMILES string of the molecule is COc1ccc(Cn2ncc(NC(C)C(=O)NC3CCN(C4CCN(c5ncc(C(F)(F)F)cn5)CC4)C3=O)c(C(F)(F)F)c2=O)cc1. The third-order valence-electron chi connectivity index (χ3n) is 8.29. The van der Waals surface area contributed by atoms with Gasteiger partial charge < -0.3 is 25.2 Å². The maximum Gasteiger partial charge on any atom is 0.423 e. The molecule has 2 amide bonds. The van der Waals surface area contributed by atoms with Crippen LogP contribution in [0.2, 0.25) is 0 Å². The van der Waals surface area contributed by atoms with Gasteiger partial charge in [-0.3, -0.25) is 14.4 Å². The molecule has 1 aromatic carbocycles. The van der Waals surface area contributed by atoms with Gasteiger partial charge in [0, 0.05) is 38.1 Å². The molecule has 12 nitrogen and oxygen atoms in total. The van der Waals surface area contributed by atoms with Gasteiger partial charge in [-0.15, -0.1) is 0 Å². The molecule has 2 saturated heterocycles. The molecule has 0 bridgehead atoms. The van der Waals surface area contributed by atoms with Crippen LogP contribution in [0.3, 0.4) is 0 Å². The normalized spacial score (nSPS) is 18.2. The molecule has 0 radical (unpaired) electrons. The van der Waals surface area contributed by atoms with Crippen LogP contribution in [0.25, 0.3) is 0 Å². The highest BCUT2D eigenvalue weighted by atomic mass is 19.4. The molecule has 0 saturated carbocycles. The molecule has 2 aliphatic heterocycles. The summed E-state index contributed by atoms with van der Waals surface area (Å²) >= 11 is 0. The number of methoxy groups -OCH3 is 1. The molecule has 0 spiro atoms. The lowest BCUT2D eigenvalue weighted by atomic mass is 10.0. The van der Waals surface area contributed by atoms with E-state index in [0.29, 0.717) is 48.5 Å². The number of anilines is 2. The molecule has 258 valence electrons. The number of hydrogen-bond donors (Lipinski definition) is 2. The van der Waals surface area contributed by atoms with E-state index < -0.39 is 52.7 Å². The van der Waals surface area contributed by atoms with Crippen LogP contribution in [0.15, 0.2) is 47.7 Å². The minimum absolute atomic E-state index is 0.152. The van der Waals surface area contributed by atoms with Crippen molar-refractivity contribution in [3.63, 3.8) is 0 Å². The molecule has 3 aromatic rings. The van der Waals surface area contributed by atoms with Crippen LogP contribution < -0.4 is 25.8 Å². The number of piperidine rings is 1. The lowest BCUT2D eigenvalue weighted by molar-refractivity contribution is -0.139. The third kappa shape index (κ3) is 7.62. The van der Waals surface area contributed by atoms with Crippen LogP contribution in [-0.4, -0.2) is 81.3 Å². The van der Waals surface area contributed by atoms with Crippen molar-refractivity contribution in [1.29, 1.82) is 0 Å². The van der Waals surface area contributed by atoms with Gasteiger partial charge in [0.15, 0.2) is 0 Å². The van der Waals surface area contributed by atoms with Crippen molar-refractivity contribution in [1.82, 2.24) is 30.0 Å². The van der Waals surface area contributed by atoms with Crippen molar-refractivity contribution in [2.45, 2.75) is 63.2 Å². The van der Waals surface area contributed by atoms with E-state index in [0.717, 1.165) is 18.6 Å². The first-order chi connectivity index (χ1) is 22.7. The van der Waals surface area contributed by atoms with E-state index in [1.165, 1.54) is 14.0 Å². The van der Waals surface area contributed by atoms with Gasteiger partial charge in [0.05, 0.1) is 31.1 Å². The van der Waals surface area contributed by atoms with Crippen molar-refractivity contribution in [3.05, 3.63) is 69.9 Å². The summed E-state index contributed by atoms with van der Waals surface area (Å²) in [5, 5.41) is 8.90. The number of ether oxygens (including phenoxy) is 1. The molecular weight excluding hydrogens is 650 g/mol. The summed E-state index contributed by atoms with van der Waals surface area (Å²) in [7, 11) is 1.46. The summed E-state index contributed by atoms with van der Waals surface area (Å²) in [5.74, 6) is -0.414. The number of alkyl halides is 6. The van der Waals surface area contributed by atoms with Crippen molar-refractivity contribution >= 4 is 23.5 Å². The number of carbonyl (C=O) groups excluding carboxylic acids is 2. The summed E-state index contributed by atoms with van der Waals surface area (Å²) in [6.45, 7) is 2.19. The first-order valence-electron chi connectivity index (χ1n) is 15.0. The molecule has 5 rings (SSSR count). The Hall–Kier alpha value is -4.90. The van der Waals surface area contributed by atoms with E-state index in [-0.39, 0.29) is 30.9 Å². The number of nitrogens with one attached hydrogen (secondary N) is 2. The average Bonchev–Trinajstić information content (AvgIpc) is 3.41. The van der Waals surface area contributed by atoms with Crippen molar-refractivity contribution in [2.24, 2.45) is 0 Å². The summed E-state index contributed by atoms with van der Waals surface area (Å²) < 4.78 is 86.4. The minimum atomic E-state index is -5.06. The molecule has 4 heterocycles. The zero-order valence-electron chi connectivity index (χ0n) is 25.8. The monoisotopic (exact) mass is 682 g/mol. The number of hydrogen-bond acceptors (Lipinski definition) is 9. The van der Waals surface area contributed by atoms with Crippen LogP contribution in [0.4, 0.5) is 38.0 Å². The Morgan fingerprint density at radius 3 is 2.19 bits per heavy atom. The Labute approximate surface area is 270 Å². The maximum absolute atomic E-state index is 14.1. The second-order valence-electron chi connectivity index (χ2n) is 11.5. The van der Waals surface area contributed by atoms with Gasteiger partial charge >= 0.3 is 12.4 Å². The molecule has 18 heteroatoms. The van der Waals surface area contributed by atoms with Crippen LogP contribution >= 0.6 is 0 Å². The number of rotatable bonds is 9. The van der Waals surface area contributed by atoms with E-state index in [1.54, 1.807) is 34.1 Å². The standard InChI is InChI=1S/C30H32F6N8O4/c1-17(40-23-15-39-44(27(47)24(23)30(34,35)36)16-18-3-5-21(48-2)6-4-18)25(45)41-22-9-12-43(26(22)46)20-7-10-42(11-8-20)28-37-13-19(14-38-28)29(31,32)33/h3-6,13-15,17,20,22,40H,7-12,16H2,1-2H3,(H,41,45). The van der Waals surface area contributed by atoms with E-state index >= 15 is 0 Å². The van der Waals surface area contributed by atoms with E-state index in [4.69, 9.17) is 4.74 Å². The van der Waals surface area contributed by atoms with Gasteiger partial charge in [0.25, 0.3) is 5.56 Å². The predicted octanol–water partition coefficient (Wildman–Crippen LogP) is 3.31. The average molecular weight is 683 g/mol. The number of aromatic nitrogens is 4. The lowest BCUT2D eigenvalue weighted by Gasteiger charge is -2.36. The molecule has 2 unspecified atom stereocenters. The molecule has 2 aliphatic rings. The highest BCUT2D eigenvalue weighted by molar-refractivity contribution is 5.92. The quantitative estimate of drug-likeness (QED) is 0.326. The second kappa shape index (κ2) is 13.7. The van der Waals surface area contributed by atoms with Crippen molar-refractivity contribution < 1.29 is 40.7 Å². The van der Waals surface area contributed by atoms with E-state index in [9.17, 15) is 40.7 Å². The first kappa shape index (κ1) is 34.4. The molecule has 48 heavy (non-hydrogen) atoms. The summed E-state index contributed by atoms with van der Waals surface area (Å²) in [5.41, 5.74) is -4.02. The second-order valence-corrected chi connectivity index (χ2v) is 11.5. The summed E-state index contributed by atoms with van der Waals surface area (Å²) in [4.78, 5) is 50.1. The van der Waals surface area contributed by atoms with Gasteiger partial charge in [0.2, 0.25) is 17.8 Å². The molecule has 2 N–H and O–H groups in total. The molecule has 2 fully saturated rings. The fraction of sp³-hybridized carbons (Fsp3) is 0.467. The molecule has 2 atom stereocenters. The Morgan fingerprint density at radius 2 is 1.60 bits per heavy atom. The minimum Gasteiger partial charge on any atom is -0.497 e. The van der Waals surface area contributed by atoms with Crippen molar-refractivity contribution in [2.75, 3.05) is 37.0 Å². The number of carbonyl (C=O) groups is 2. The topological polar surface area (TPSA) is 135 Å². The van der Waals surface area contributed by atoms with Gasteiger partial charge in [0.1, 0.15) is 23.4 Å². The van der Waals surface area contributed by atoms with Crippen LogP contribution in [0.1, 0.15) is 42.9 Å². The Morgan fingerprint density at radius 1 is 0.958 bits per heavy atom. The summed E-state index contributed by atoms with van der Waals surface area (Å²) in [6, 6.07) is 4.01. The number of amides is 2. The largest absolute Gasteiger partial charge is 0.497 e. The predicted molar refractivity (Wildman–Crippen MR) is 159 cm³/mol. The maximum atomic E-state index is 14.1. The number of nitrogens with zero attached hydrogens (tertiary/aromatic N) is 6. The zero-order chi connectivity index (χ0) is 34.8. The fourth-order valence-electron chi connectivity index (χ4n) is 5.69. The van der Waals surface area contributed by atoms with Gasteiger partial charge in [-0.25, -0.2) is 14.6 Å². The Bertz CT molecular complexity index is 1670. The zero-order valence-corrected chi connectivity index (χ0v) is 25.8. The van der Waals surface area contributed by atoms with Gasteiger partial charge in [-0.05, 0) is 43.9 Å². The first-order valence-corrected chi connectivity index (χ1v) is 15.0. The Kier molecular flexibility index (Phi) is 9.81. The van der Waals surface area contributed by atoms with Gasteiger partial charge in [-0.1, -0.05) is 12.1 Å². The molecular formula is C30H32F6N8O4. The van der Waals surface area contributed by atoms with E-state index in [2.05, 4.69) is 25.7 Å². The van der Waals surface area contributed by atoms with Crippen LogP contribution in [-0.2, 0) is 28.5 Å². The Balaban J connectivity index is 1.17. The van der Waals surface area contributed by atoms with Crippen LogP contribution in [0, 0.1) is 0 Å². The smallest absolute Gasteiger partial charge is 0.423 e. The van der Waals surface area contributed by atoms with Crippen molar-refractivity contribution in [3.8, 4) is 5.75 Å². The van der Waals surface area contributed by atoms with Crippen LogP contribution in [0.5, 0.6) is 5.75 Å². The number of likely N-dealkylation sites (tertiary alicyclic amines) is 1. The van der Waals surface area contributed by atoms with E-state index in [1.807, 2.05) is 0 Å². The summed E-state index contributed by atoms with van der Waals surface area (Å²) in [6.07, 6.45) is -6.07. The highest BCUT2D eigenvalue weighted by Crippen LogP contribution is 2.32. The highest BCUT2D eigenvalue weighted by Gasteiger charge is 2.41.